The second-order valence-corrected chi connectivity index (χ2v) is 6.11. The Balaban J connectivity index is 2.06. The number of nitro benzene ring substituents is 1. The molecule has 0 aliphatic rings. The van der Waals surface area contributed by atoms with Gasteiger partial charge in [0, 0.05) is 18.0 Å². The Morgan fingerprint density at radius 3 is 2.64 bits per heavy atom. The van der Waals surface area contributed by atoms with E-state index in [4.69, 9.17) is 4.74 Å². The highest BCUT2D eigenvalue weighted by Gasteiger charge is 2.18. The van der Waals surface area contributed by atoms with Gasteiger partial charge in [0.1, 0.15) is 5.75 Å². The summed E-state index contributed by atoms with van der Waals surface area (Å²) < 4.78 is 34.3. The summed E-state index contributed by atoms with van der Waals surface area (Å²) in [5.74, 6) is -0.693. The van der Waals surface area contributed by atoms with Gasteiger partial charge in [-0.2, -0.15) is 0 Å². The van der Waals surface area contributed by atoms with Crippen LogP contribution in [0.15, 0.2) is 36.5 Å². The fourth-order valence-corrected chi connectivity index (χ4v) is 2.99. The van der Waals surface area contributed by atoms with E-state index in [0.717, 1.165) is 12.1 Å². The summed E-state index contributed by atoms with van der Waals surface area (Å²) in [6.07, 6.45) is 1.43. The third kappa shape index (κ3) is 3.14. The molecule has 1 aromatic carbocycles. The SMILES string of the molecule is CC(C)c1cc2c(Oc3ccc([N+](=O)[O-])cc3F)ccnc2n1SF. The van der Waals surface area contributed by atoms with Crippen molar-refractivity contribution in [3.8, 4) is 11.5 Å². The van der Waals surface area contributed by atoms with Crippen molar-refractivity contribution in [2.24, 2.45) is 0 Å². The Kier molecular flexibility index (Phi) is 4.58. The zero-order valence-corrected chi connectivity index (χ0v) is 14.1. The summed E-state index contributed by atoms with van der Waals surface area (Å²) in [5.41, 5.74) is 0.693. The minimum Gasteiger partial charge on any atom is -0.453 e. The van der Waals surface area contributed by atoms with Crippen LogP contribution < -0.4 is 4.74 Å². The van der Waals surface area contributed by atoms with Crippen LogP contribution in [0.2, 0.25) is 0 Å². The van der Waals surface area contributed by atoms with E-state index in [1.807, 2.05) is 13.8 Å². The number of benzene rings is 1. The van der Waals surface area contributed by atoms with Gasteiger partial charge in [0.25, 0.3) is 5.69 Å². The topological polar surface area (TPSA) is 70.2 Å². The summed E-state index contributed by atoms with van der Waals surface area (Å²) in [7, 11) is 0. The molecule has 0 saturated heterocycles. The van der Waals surface area contributed by atoms with Gasteiger partial charge in [0.15, 0.2) is 29.5 Å². The highest BCUT2D eigenvalue weighted by molar-refractivity contribution is 7.92. The summed E-state index contributed by atoms with van der Waals surface area (Å²) in [5, 5.41) is 11.2. The van der Waals surface area contributed by atoms with Gasteiger partial charge >= 0.3 is 0 Å². The van der Waals surface area contributed by atoms with Gasteiger partial charge in [-0.3, -0.25) is 10.1 Å². The third-order valence-electron chi connectivity index (χ3n) is 3.65. The molecule has 3 rings (SSSR count). The first-order valence-electron chi connectivity index (χ1n) is 7.33. The highest BCUT2D eigenvalue weighted by Crippen LogP contribution is 2.36. The van der Waals surface area contributed by atoms with Crippen LogP contribution in [0, 0.1) is 15.9 Å². The minimum atomic E-state index is -0.859. The molecule has 130 valence electrons. The lowest BCUT2D eigenvalue weighted by molar-refractivity contribution is -0.385. The Labute approximate surface area is 146 Å². The Hall–Kier alpha value is -2.68. The molecule has 2 aromatic heterocycles. The molecule has 2 heterocycles. The summed E-state index contributed by atoms with van der Waals surface area (Å²) >= 11 is 0.0328. The lowest BCUT2D eigenvalue weighted by Gasteiger charge is -2.08. The fourth-order valence-electron chi connectivity index (χ4n) is 2.44. The van der Waals surface area contributed by atoms with Gasteiger partial charge in [-0.25, -0.2) is 13.3 Å². The van der Waals surface area contributed by atoms with Gasteiger partial charge in [-0.05, 0) is 24.1 Å². The number of nitro groups is 1. The van der Waals surface area contributed by atoms with Gasteiger partial charge in [0.05, 0.1) is 16.4 Å². The van der Waals surface area contributed by atoms with E-state index in [2.05, 4.69) is 4.98 Å². The molecule has 0 amide bonds. The number of non-ortho nitro benzene ring substituents is 1. The first kappa shape index (κ1) is 17.2. The van der Waals surface area contributed by atoms with E-state index in [1.165, 1.54) is 22.3 Å². The second-order valence-electron chi connectivity index (χ2n) is 5.61. The predicted molar refractivity (Wildman–Crippen MR) is 91.0 cm³/mol. The molecule has 0 unspecified atom stereocenters. The van der Waals surface area contributed by atoms with Crippen LogP contribution in [-0.2, 0) is 0 Å². The molecule has 0 aliphatic carbocycles. The van der Waals surface area contributed by atoms with Crippen molar-refractivity contribution in [2.75, 3.05) is 0 Å². The van der Waals surface area contributed by atoms with Crippen LogP contribution in [0.3, 0.4) is 0 Å². The maximum Gasteiger partial charge on any atom is 0.272 e. The van der Waals surface area contributed by atoms with E-state index in [9.17, 15) is 18.4 Å². The number of hydrogen-bond acceptors (Lipinski definition) is 5. The molecule has 0 spiro atoms. The molecule has 0 fully saturated rings. The van der Waals surface area contributed by atoms with Crippen LogP contribution >= 0.6 is 12.3 Å². The van der Waals surface area contributed by atoms with Crippen molar-refractivity contribution in [1.82, 2.24) is 8.96 Å². The van der Waals surface area contributed by atoms with Crippen molar-refractivity contribution < 1.29 is 17.9 Å². The van der Waals surface area contributed by atoms with Gasteiger partial charge in [0.2, 0.25) is 0 Å². The van der Waals surface area contributed by atoms with Gasteiger partial charge in [-0.15, -0.1) is 3.89 Å². The number of nitrogens with zero attached hydrogens (tertiary/aromatic N) is 3. The van der Waals surface area contributed by atoms with Crippen molar-refractivity contribution in [3.63, 3.8) is 0 Å². The summed E-state index contributed by atoms with van der Waals surface area (Å²) in [6.45, 7) is 3.83. The quantitative estimate of drug-likeness (QED) is 0.448. The van der Waals surface area contributed by atoms with E-state index in [-0.39, 0.29) is 35.4 Å². The number of hydrogen-bond donors (Lipinski definition) is 0. The van der Waals surface area contributed by atoms with E-state index < -0.39 is 10.7 Å². The van der Waals surface area contributed by atoms with Crippen molar-refractivity contribution in [2.45, 2.75) is 19.8 Å². The number of aromatic nitrogens is 2. The van der Waals surface area contributed by atoms with E-state index in [0.29, 0.717) is 16.7 Å². The standard InChI is InChI=1S/C16H13F2N3O3S/c1-9(2)13-8-11-14(5-6-19-16(11)20(13)25-18)24-15-4-3-10(21(22)23)7-12(15)17/h3-9H,1-2H3. The molecule has 0 bridgehead atoms. The number of rotatable bonds is 5. The second kappa shape index (κ2) is 6.67. The fraction of sp³-hybridized carbons (Fsp3) is 0.188. The smallest absolute Gasteiger partial charge is 0.272 e. The van der Waals surface area contributed by atoms with Crippen LogP contribution in [0.1, 0.15) is 25.5 Å². The molecular weight excluding hydrogens is 352 g/mol. The Morgan fingerprint density at radius 1 is 1.28 bits per heavy atom. The molecule has 0 N–H and O–H groups in total. The van der Waals surface area contributed by atoms with Crippen molar-refractivity contribution >= 4 is 29.1 Å². The lowest BCUT2D eigenvalue weighted by atomic mass is 10.1. The van der Waals surface area contributed by atoms with Crippen LogP contribution in [0.4, 0.5) is 14.0 Å². The molecule has 0 aliphatic heterocycles. The van der Waals surface area contributed by atoms with Crippen LogP contribution in [0.5, 0.6) is 11.5 Å². The number of fused-ring (bicyclic) bond motifs is 1. The predicted octanol–water partition coefficient (Wildman–Crippen LogP) is 5.38. The van der Waals surface area contributed by atoms with Crippen LogP contribution in [-0.4, -0.2) is 13.9 Å². The average molecular weight is 365 g/mol. The normalized spacial score (nSPS) is 11.2. The minimum absolute atomic E-state index is 0.0328. The summed E-state index contributed by atoms with van der Waals surface area (Å²) in [4.78, 5) is 14.2. The number of halogens is 2. The van der Waals surface area contributed by atoms with Crippen molar-refractivity contribution in [1.29, 1.82) is 0 Å². The molecular formula is C16H13F2N3O3S. The largest absolute Gasteiger partial charge is 0.453 e. The lowest BCUT2D eigenvalue weighted by Crippen LogP contribution is -1.96. The zero-order valence-electron chi connectivity index (χ0n) is 13.3. The molecule has 3 aromatic rings. The molecule has 6 nitrogen and oxygen atoms in total. The molecule has 9 heteroatoms. The van der Waals surface area contributed by atoms with Crippen molar-refractivity contribution in [3.05, 3.63) is 58.2 Å². The highest BCUT2D eigenvalue weighted by atomic mass is 32.2. The molecule has 25 heavy (non-hydrogen) atoms. The Bertz CT molecular complexity index is 959. The van der Waals surface area contributed by atoms with E-state index >= 15 is 0 Å². The van der Waals surface area contributed by atoms with E-state index in [1.54, 1.807) is 6.07 Å². The third-order valence-corrected chi connectivity index (χ3v) is 4.18. The molecule has 0 atom stereocenters. The monoisotopic (exact) mass is 365 g/mol. The zero-order chi connectivity index (χ0) is 18.1. The average Bonchev–Trinajstić information content (AvgIpc) is 2.96. The summed E-state index contributed by atoms with van der Waals surface area (Å²) in [6, 6.07) is 6.39. The molecule has 0 radical (unpaired) electrons. The molecule has 0 saturated carbocycles. The van der Waals surface area contributed by atoms with Gasteiger partial charge < -0.3 is 4.74 Å². The van der Waals surface area contributed by atoms with Crippen LogP contribution in [0.25, 0.3) is 11.0 Å². The number of ether oxygens (including phenoxy) is 1. The maximum atomic E-state index is 14.1. The van der Waals surface area contributed by atoms with Gasteiger partial charge in [-0.1, -0.05) is 13.8 Å². The Morgan fingerprint density at radius 2 is 2.04 bits per heavy atom. The first-order valence-corrected chi connectivity index (χ1v) is 8.01. The maximum absolute atomic E-state index is 14.1. The number of pyridine rings is 1. The first-order chi connectivity index (χ1) is 11.9.